The molecule has 0 atom stereocenters. The molecule has 0 spiro atoms. The summed E-state index contributed by atoms with van der Waals surface area (Å²) in [5, 5.41) is 0. The van der Waals surface area contributed by atoms with Crippen molar-refractivity contribution >= 4 is 11.5 Å². The number of aromatic amines is 1. The average molecular weight is 409 g/mol. The van der Waals surface area contributed by atoms with Crippen LogP contribution in [0.1, 0.15) is 17.5 Å². The molecule has 158 valence electrons. The van der Waals surface area contributed by atoms with Crippen LogP contribution in [0.2, 0.25) is 0 Å². The van der Waals surface area contributed by atoms with E-state index in [4.69, 9.17) is 10.5 Å². The summed E-state index contributed by atoms with van der Waals surface area (Å²) < 4.78 is 6.59. The molecule has 3 aromatic rings. The average Bonchev–Trinajstić information content (AvgIpc) is 2.76. The topological polar surface area (TPSA) is 93.3 Å². The summed E-state index contributed by atoms with van der Waals surface area (Å²) in [6.45, 7) is 2.06. The van der Waals surface area contributed by atoms with Gasteiger partial charge in [0.2, 0.25) is 0 Å². The molecule has 7 heteroatoms. The fourth-order valence-corrected chi connectivity index (χ4v) is 3.45. The maximum absolute atomic E-state index is 12.7. The summed E-state index contributed by atoms with van der Waals surface area (Å²) in [7, 11) is 1.65. The first-order valence-electron chi connectivity index (χ1n) is 10.0. The Hall–Kier alpha value is -3.32. The summed E-state index contributed by atoms with van der Waals surface area (Å²) in [6.07, 6.45) is 1.49. The van der Waals surface area contributed by atoms with E-state index in [1.165, 1.54) is 10.1 Å². The zero-order valence-corrected chi connectivity index (χ0v) is 17.2. The van der Waals surface area contributed by atoms with E-state index in [-0.39, 0.29) is 5.82 Å². The molecule has 0 unspecified atom stereocenters. The minimum absolute atomic E-state index is 0.179. The molecule has 30 heavy (non-hydrogen) atoms. The quantitative estimate of drug-likeness (QED) is 0.502. The molecule has 0 amide bonds. The zero-order chi connectivity index (χ0) is 21.3. The Labute approximate surface area is 175 Å². The number of nitrogen functional groups attached to an aromatic ring is 1. The number of benzene rings is 2. The Morgan fingerprint density at radius 2 is 1.60 bits per heavy atom. The van der Waals surface area contributed by atoms with Crippen molar-refractivity contribution in [1.82, 2.24) is 9.55 Å². The second kappa shape index (κ2) is 10.5. The second-order valence-electron chi connectivity index (χ2n) is 7.13. The summed E-state index contributed by atoms with van der Waals surface area (Å²) in [5.74, 6) is 0.179. The Morgan fingerprint density at radius 3 is 2.23 bits per heavy atom. The van der Waals surface area contributed by atoms with Gasteiger partial charge < -0.3 is 15.4 Å². The third-order valence-electron chi connectivity index (χ3n) is 5.00. The maximum atomic E-state index is 12.7. The van der Waals surface area contributed by atoms with Crippen LogP contribution in [0.4, 0.5) is 11.5 Å². The lowest BCUT2D eigenvalue weighted by atomic mass is 10.1. The van der Waals surface area contributed by atoms with E-state index in [1.54, 1.807) is 7.11 Å². The zero-order valence-electron chi connectivity index (χ0n) is 17.2. The largest absolute Gasteiger partial charge is 0.385 e. The SMILES string of the molecule is COCCCN(CCc1ccccc1)c1c(N)n(Cc2ccccc2)c(=O)[nH]c1=O. The number of nitrogens with zero attached hydrogens (tertiary/aromatic N) is 2. The van der Waals surface area contributed by atoms with Crippen LogP contribution in [0.5, 0.6) is 0 Å². The van der Waals surface area contributed by atoms with E-state index in [2.05, 4.69) is 17.1 Å². The van der Waals surface area contributed by atoms with Crippen LogP contribution < -0.4 is 21.9 Å². The van der Waals surface area contributed by atoms with Gasteiger partial charge >= 0.3 is 5.69 Å². The molecule has 7 nitrogen and oxygen atoms in total. The molecule has 1 aromatic heterocycles. The van der Waals surface area contributed by atoms with E-state index in [1.807, 2.05) is 53.4 Å². The molecule has 0 fully saturated rings. The van der Waals surface area contributed by atoms with Gasteiger partial charge in [-0.1, -0.05) is 60.7 Å². The van der Waals surface area contributed by atoms with E-state index in [9.17, 15) is 9.59 Å². The molecular formula is C23H28N4O3. The van der Waals surface area contributed by atoms with Crippen molar-refractivity contribution in [2.75, 3.05) is 37.4 Å². The summed E-state index contributed by atoms with van der Waals surface area (Å²) >= 11 is 0. The van der Waals surface area contributed by atoms with Gasteiger partial charge in [0, 0.05) is 26.8 Å². The molecule has 1 heterocycles. The number of methoxy groups -OCH3 is 1. The molecule has 0 aliphatic carbocycles. The number of H-pyrrole nitrogens is 1. The van der Waals surface area contributed by atoms with Crippen molar-refractivity contribution in [3.05, 3.63) is 92.6 Å². The summed E-state index contributed by atoms with van der Waals surface area (Å²) in [4.78, 5) is 29.6. The van der Waals surface area contributed by atoms with Crippen LogP contribution >= 0.6 is 0 Å². The lowest BCUT2D eigenvalue weighted by molar-refractivity contribution is 0.196. The van der Waals surface area contributed by atoms with Gasteiger partial charge in [0.1, 0.15) is 11.5 Å². The van der Waals surface area contributed by atoms with E-state index in [0.717, 1.165) is 18.4 Å². The first-order valence-corrected chi connectivity index (χ1v) is 10.0. The van der Waals surface area contributed by atoms with Crippen LogP contribution in [0, 0.1) is 0 Å². The Morgan fingerprint density at radius 1 is 0.967 bits per heavy atom. The number of hydrogen-bond donors (Lipinski definition) is 2. The van der Waals surface area contributed by atoms with Crippen LogP contribution in [0.25, 0.3) is 0 Å². The second-order valence-corrected chi connectivity index (χ2v) is 7.13. The first kappa shape index (κ1) is 21.4. The maximum Gasteiger partial charge on any atom is 0.330 e. The molecule has 0 bridgehead atoms. The van der Waals surface area contributed by atoms with Gasteiger partial charge in [0.15, 0.2) is 0 Å². The van der Waals surface area contributed by atoms with Gasteiger partial charge in [0.25, 0.3) is 5.56 Å². The number of nitrogens with one attached hydrogen (secondary N) is 1. The monoisotopic (exact) mass is 408 g/mol. The van der Waals surface area contributed by atoms with Crippen molar-refractivity contribution in [2.45, 2.75) is 19.4 Å². The third kappa shape index (κ3) is 5.39. The Bertz CT molecular complexity index is 1050. The number of rotatable bonds is 10. The molecule has 3 rings (SSSR count). The lowest BCUT2D eigenvalue weighted by Gasteiger charge is -2.26. The van der Waals surface area contributed by atoms with Crippen molar-refractivity contribution in [2.24, 2.45) is 0 Å². The number of ether oxygens (including phenoxy) is 1. The van der Waals surface area contributed by atoms with E-state index < -0.39 is 11.2 Å². The van der Waals surface area contributed by atoms with Crippen LogP contribution in [0.15, 0.2) is 70.3 Å². The summed E-state index contributed by atoms with van der Waals surface area (Å²) in [5.41, 5.74) is 7.83. The fourth-order valence-electron chi connectivity index (χ4n) is 3.45. The van der Waals surface area contributed by atoms with Gasteiger partial charge in [-0.25, -0.2) is 4.79 Å². The number of nitrogens with two attached hydrogens (primary N) is 1. The van der Waals surface area contributed by atoms with Gasteiger partial charge in [-0.05, 0) is 24.0 Å². The highest BCUT2D eigenvalue weighted by Crippen LogP contribution is 2.19. The molecule has 0 aliphatic rings. The predicted octanol–water partition coefficient (Wildman–Crippen LogP) is 2.25. The number of anilines is 2. The third-order valence-corrected chi connectivity index (χ3v) is 5.00. The Kier molecular flexibility index (Phi) is 7.45. The van der Waals surface area contributed by atoms with Crippen molar-refractivity contribution in [3.63, 3.8) is 0 Å². The molecule has 2 aromatic carbocycles. The van der Waals surface area contributed by atoms with Crippen molar-refractivity contribution in [3.8, 4) is 0 Å². The van der Waals surface area contributed by atoms with E-state index >= 15 is 0 Å². The van der Waals surface area contributed by atoms with Crippen LogP contribution in [-0.2, 0) is 17.7 Å². The minimum atomic E-state index is -0.509. The smallest absolute Gasteiger partial charge is 0.330 e. The highest BCUT2D eigenvalue weighted by molar-refractivity contribution is 5.62. The van der Waals surface area contributed by atoms with Crippen LogP contribution in [0.3, 0.4) is 0 Å². The standard InChI is InChI=1S/C23H28N4O3/c1-30-16-8-14-26(15-13-18-9-4-2-5-10-18)20-21(24)27(23(29)25-22(20)28)17-19-11-6-3-7-12-19/h2-7,9-12H,8,13-17,24H2,1H3,(H,25,28,29). The van der Waals surface area contributed by atoms with Gasteiger partial charge in [0.05, 0.1) is 6.54 Å². The van der Waals surface area contributed by atoms with Crippen molar-refractivity contribution in [1.29, 1.82) is 0 Å². The highest BCUT2D eigenvalue weighted by Gasteiger charge is 2.19. The first-order chi connectivity index (χ1) is 14.6. The molecule has 0 saturated heterocycles. The number of aromatic nitrogens is 2. The minimum Gasteiger partial charge on any atom is -0.385 e. The molecule has 0 aliphatic heterocycles. The van der Waals surface area contributed by atoms with Gasteiger partial charge in [-0.15, -0.1) is 0 Å². The van der Waals surface area contributed by atoms with Gasteiger partial charge in [-0.2, -0.15) is 0 Å². The molecule has 3 N–H and O–H groups in total. The summed E-state index contributed by atoms with van der Waals surface area (Å²) in [6, 6.07) is 19.6. The lowest BCUT2D eigenvalue weighted by Crippen LogP contribution is -2.40. The molecule has 0 radical (unpaired) electrons. The normalized spacial score (nSPS) is 10.8. The van der Waals surface area contributed by atoms with Crippen molar-refractivity contribution < 1.29 is 4.74 Å². The highest BCUT2D eigenvalue weighted by atomic mass is 16.5. The fraction of sp³-hybridized carbons (Fsp3) is 0.304. The van der Waals surface area contributed by atoms with E-state index in [0.29, 0.717) is 31.9 Å². The molecule has 0 saturated carbocycles. The van der Waals surface area contributed by atoms with Crippen LogP contribution in [-0.4, -0.2) is 36.4 Å². The predicted molar refractivity (Wildman–Crippen MR) is 120 cm³/mol. The number of hydrogen-bond acceptors (Lipinski definition) is 5. The Balaban J connectivity index is 1.93. The van der Waals surface area contributed by atoms with Gasteiger partial charge in [-0.3, -0.25) is 14.3 Å². The molecular weight excluding hydrogens is 380 g/mol.